The van der Waals surface area contributed by atoms with Gasteiger partial charge in [-0.1, -0.05) is 19.1 Å². The highest BCUT2D eigenvalue weighted by Crippen LogP contribution is 2.27. The average molecular weight is 270 g/mol. The van der Waals surface area contributed by atoms with E-state index in [-0.39, 0.29) is 0 Å². The molecule has 3 nitrogen and oxygen atoms in total. The van der Waals surface area contributed by atoms with Crippen molar-refractivity contribution in [3.05, 3.63) is 52.7 Å². The van der Waals surface area contributed by atoms with Crippen molar-refractivity contribution >= 4 is 0 Å². The topological polar surface area (TPSA) is 34.1 Å². The van der Waals surface area contributed by atoms with Crippen LogP contribution in [-0.4, -0.2) is 11.5 Å². The van der Waals surface area contributed by atoms with Crippen molar-refractivity contribution in [3.63, 3.8) is 0 Å². The molecule has 0 aliphatic heterocycles. The lowest BCUT2D eigenvalue weighted by Crippen LogP contribution is -2.11. The molecule has 106 valence electrons. The van der Waals surface area contributed by atoms with E-state index in [0.29, 0.717) is 5.88 Å². The van der Waals surface area contributed by atoms with Crippen molar-refractivity contribution in [1.82, 2.24) is 10.3 Å². The van der Waals surface area contributed by atoms with Crippen LogP contribution < -0.4 is 10.1 Å². The molecule has 1 heterocycles. The molecule has 0 bridgehead atoms. The van der Waals surface area contributed by atoms with Gasteiger partial charge in [0.1, 0.15) is 5.75 Å². The Morgan fingerprint density at radius 3 is 2.60 bits per heavy atom. The molecule has 20 heavy (non-hydrogen) atoms. The van der Waals surface area contributed by atoms with Gasteiger partial charge in [-0.15, -0.1) is 0 Å². The van der Waals surface area contributed by atoms with Crippen LogP contribution in [0.3, 0.4) is 0 Å². The molecule has 0 aliphatic carbocycles. The van der Waals surface area contributed by atoms with Gasteiger partial charge in [0.25, 0.3) is 0 Å². The molecule has 2 rings (SSSR count). The quantitative estimate of drug-likeness (QED) is 0.894. The van der Waals surface area contributed by atoms with E-state index in [1.807, 2.05) is 18.3 Å². The van der Waals surface area contributed by atoms with Crippen LogP contribution in [0, 0.1) is 20.8 Å². The third-order valence-corrected chi connectivity index (χ3v) is 3.36. The van der Waals surface area contributed by atoms with Gasteiger partial charge in [0.05, 0.1) is 0 Å². The van der Waals surface area contributed by atoms with E-state index >= 15 is 0 Å². The zero-order chi connectivity index (χ0) is 14.5. The Morgan fingerprint density at radius 2 is 1.95 bits per heavy atom. The summed E-state index contributed by atoms with van der Waals surface area (Å²) in [4.78, 5) is 4.37. The van der Waals surface area contributed by atoms with Crippen molar-refractivity contribution in [2.45, 2.75) is 34.2 Å². The van der Waals surface area contributed by atoms with E-state index in [4.69, 9.17) is 4.74 Å². The minimum absolute atomic E-state index is 0.637. The van der Waals surface area contributed by atoms with Gasteiger partial charge in [-0.3, -0.25) is 0 Å². The summed E-state index contributed by atoms with van der Waals surface area (Å²) in [5, 5.41) is 3.28. The van der Waals surface area contributed by atoms with Gasteiger partial charge < -0.3 is 10.1 Å². The fourth-order valence-corrected chi connectivity index (χ4v) is 2.06. The summed E-state index contributed by atoms with van der Waals surface area (Å²) in [7, 11) is 0. The first-order valence-corrected chi connectivity index (χ1v) is 7.01. The first kappa shape index (κ1) is 14.5. The Hall–Kier alpha value is -1.87. The van der Waals surface area contributed by atoms with Gasteiger partial charge in [-0.2, -0.15) is 0 Å². The second-order valence-electron chi connectivity index (χ2n) is 5.09. The number of nitrogens with one attached hydrogen (secondary N) is 1. The first-order valence-electron chi connectivity index (χ1n) is 7.01. The number of pyridine rings is 1. The highest BCUT2D eigenvalue weighted by Gasteiger charge is 2.06. The Kier molecular flexibility index (Phi) is 4.74. The van der Waals surface area contributed by atoms with Crippen LogP contribution in [-0.2, 0) is 6.54 Å². The monoisotopic (exact) mass is 270 g/mol. The molecule has 0 aliphatic rings. The van der Waals surface area contributed by atoms with Gasteiger partial charge >= 0.3 is 0 Å². The molecule has 2 aromatic rings. The lowest BCUT2D eigenvalue weighted by Gasteiger charge is -2.11. The van der Waals surface area contributed by atoms with E-state index in [1.54, 1.807) is 0 Å². The molecule has 0 atom stereocenters. The van der Waals surface area contributed by atoms with E-state index in [9.17, 15) is 0 Å². The molecule has 0 spiro atoms. The number of benzene rings is 1. The number of hydrogen-bond acceptors (Lipinski definition) is 3. The fourth-order valence-electron chi connectivity index (χ4n) is 2.06. The Morgan fingerprint density at radius 1 is 1.15 bits per heavy atom. The van der Waals surface area contributed by atoms with Crippen LogP contribution in [0.4, 0.5) is 0 Å². The Labute approximate surface area is 121 Å². The maximum atomic E-state index is 5.90. The standard InChI is InChI=1S/C17H22N2O/c1-5-18-10-15-6-7-17(19-11-15)20-16-9-12(2)8-13(3)14(16)4/h6-9,11,18H,5,10H2,1-4H3. The normalized spacial score (nSPS) is 10.6. The number of nitrogens with zero attached hydrogens (tertiary/aromatic N) is 1. The molecule has 1 aromatic heterocycles. The summed E-state index contributed by atoms with van der Waals surface area (Å²) in [6.45, 7) is 10.1. The summed E-state index contributed by atoms with van der Waals surface area (Å²) in [6, 6.07) is 8.18. The number of aromatic nitrogens is 1. The number of hydrogen-bond donors (Lipinski definition) is 1. The van der Waals surface area contributed by atoms with E-state index in [1.165, 1.54) is 11.1 Å². The minimum atomic E-state index is 0.637. The fraction of sp³-hybridized carbons (Fsp3) is 0.353. The highest BCUT2D eigenvalue weighted by atomic mass is 16.5. The third-order valence-electron chi connectivity index (χ3n) is 3.36. The summed E-state index contributed by atoms with van der Waals surface area (Å²) in [5.74, 6) is 1.52. The summed E-state index contributed by atoms with van der Waals surface area (Å²) < 4.78 is 5.90. The highest BCUT2D eigenvalue weighted by molar-refractivity contribution is 5.43. The smallest absolute Gasteiger partial charge is 0.219 e. The van der Waals surface area contributed by atoms with Crippen molar-refractivity contribution in [2.24, 2.45) is 0 Å². The SMILES string of the molecule is CCNCc1ccc(Oc2cc(C)cc(C)c2C)nc1. The molecule has 3 heteroatoms. The zero-order valence-electron chi connectivity index (χ0n) is 12.7. The predicted molar refractivity (Wildman–Crippen MR) is 82.3 cm³/mol. The largest absolute Gasteiger partial charge is 0.439 e. The van der Waals surface area contributed by atoms with Gasteiger partial charge in [-0.25, -0.2) is 4.98 Å². The average Bonchev–Trinajstić information content (AvgIpc) is 2.43. The van der Waals surface area contributed by atoms with E-state index in [0.717, 1.165) is 30.0 Å². The van der Waals surface area contributed by atoms with Gasteiger partial charge in [0.2, 0.25) is 5.88 Å². The maximum absolute atomic E-state index is 5.90. The lowest BCUT2D eigenvalue weighted by atomic mass is 10.1. The molecular formula is C17H22N2O. The molecule has 0 amide bonds. The molecule has 0 radical (unpaired) electrons. The number of ether oxygens (including phenoxy) is 1. The summed E-state index contributed by atoms with van der Waals surface area (Å²) >= 11 is 0. The Balaban J connectivity index is 2.14. The van der Waals surface area contributed by atoms with Gasteiger partial charge in [0, 0.05) is 18.8 Å². The minimum Gasteiger partial charge on any atom is -0.439 e. The number of aryl methyl sites for hydroxylation is 2. The van der Waals surface area contributed by atoms with Crippen LogP contribution >= 0.6 is 0 Å². The van der Waals surface area contributed by atoms with Gasteiger partial charge in [-0.05, 0) is 55.6 Å². The van der Waals surface area contributed by atoms with E-state index in [2.05, 4.69) is 50.1 Å². The Bertz CT molecular complexity index is 576. The van der Waals surface area contributed by atoms with Gasteiger partial charge in [0.15, 0.2) is 0 Å². The van der Waals surface area contributed by atoms with Crippen LogP contribution in [0.5, 0.6) is 11.6 Å². The second-order valence-corrected chi connectivity index (χ2v) is 5.09. The number of rotatable bonds is 5. The zero-order valence-corrected chi connectivity index (χ0v) is 12.7. The molecule has 1 N–H and O–H groups in total. The summed E-state index contributed by atoms with van der Waals surface area (Å²) in [5.41, 5.74) is 4.76. The van der Waals surface area contributed by atoms with Crippen molar-refractivity contribution < 1.29 is 4.74 Å². The molecule has 0 unspecified atom stereocenters. The molecular weight excluding hydrogens is 248 g/mol. The van der Waals surface area contributed by atoms with Crippen molar-refractivity contribution in [2.75, 3.05) is 6.54 Å². The van der Waals surface area contributed by atoms with Crippen LogP contribution in [0.2, 0.25) is 0 Å². The van der Waals surface area contributed by atoms with Crippen molar-refractivity contribution in [3.8, 4) is 11.6 Å². The lowest BCUT2D eigenvalue weighted by molar-refractivity contribution is 0.458. The second kappa shape index (κ2) is 6.53. The van der Waals surface area contributed by atoms with E-state index < -0.39 is 0 Å². The molecule has 0 saturated heterocycles. The van der Waals surface area contributed by atoms with Crippen LogP contribution in [0.15, 0.2) is 30.5 Å². The first-order chi connectivity index (χ1) is 9.60. The van der Waals surface area contributed by atoms with Crippen LogP contribution in [0.25, 0.3) is 0 Å². The van der Waals surface area contributed by atoms with Crippen molar-refractivity contribution in [1.29, 1.82) is 0 Å². The molecule has 1 aromatic carbocycles. The molecule has 0 saturated carbocycles. The predicted octanol–water partition coefficient (Wildman–Crippen LogP) is 3.91. The van der Waals surface area contributed by atoms with Crippen LogP contribution in [0.1, 0.15) is 29.2 Å². The summed E-state index contributed by atoms with van der Waals surface area (Å²) in [6.07, 6.45) is 1.86. The molecule has 0 fully saturated rings. The maximum Gasteiger partial charge on any atom is 0.219 e. The third kappa shape index (κ3) is 3.58.